The van der Waals surface area contributed by atoms with E-state index in [1.807, 2.05) is 11.9 Å². The van der Waals surface area contributed by atoms with E-state index in [1.165, 1.54) is 9.80 Å². The van der Waals surface area contributed by atoms with Crippen molar-refractivity contribution in [1.29, 1.82) is 0 Å². The highest BCUT2D eigenvalue weighted by Crippen LogP contribution is 2.26. The van der Waals surface area contributed by atoms with Gasteiger partial charge in [0.2, 0.25) is 0 Å². The van der Waals surface area contributed by atoms with Gasteiger partial charge < -0.3 is 14.7 Å². The predicted octanol–water partition coefficient (Wildman–Crippen LogP) is 2.76. The van der Waals surface area contributed by atoms with E-state index in [1.54, 1.807) is 13.1 Å². The first-order chi connectivity index (χ1) is 11.9. The summed E-state index contributed by atoms with van der Waals surface area (Å²) in [6.45, 7) is 1.53. The summed E-state index contributed by atoms with van der Waals surface area (Å²) in [5, 5.41) is 0. The minimum absolute atomic E-state index is 0.167. The van der Waals surface area contributed by atoms with E-state index in [9.17, 15) is 18.0 Å². The summed E-state index contributed by atoms with van der Waals surface area (Å²) in [7, 11) is 3.46. The standard InChI is InChI=1S/C18H22F3N3O/c1-22-7-6-17(16(21)11-22)23(2)18(25)24-8-5-12(10-24)14-9-13(19)3-4-15(14)20/h3-5,9,16-17H,6-8,10-11H2,1-2H3/t16-,17-/m0/s1. The van der Waals surface area contributed by atoms with Crippen LogP contribution in [0.25, 0.3) is 5.57 Å². The molecule has 2 aliphatic rings. The molecule has 2 amide bonds. The van der Waals surface area contributed by atoms with E-state index in [4.69, 9.17) is 0 Å². The molecule has 0 aliphatic carbocycles. The Balaban J connectivity index is 1.66. The van der Waals surface area contributed by atoms with Crippen molar-refractivity contribution in [2.24, 2.45) is 0 Å². The lowest BCUT2D eigenvalue weighted by Gasteiger charge is -2.39. The van der Waals surface area contributed by atoms with Crippen LogP contribution in [0.5, 0.6) is 0 Å². The number of carbonyl (C=O) groups is 1. The third-order valence-corrected chi connectivity index (χ3v) is 4.97. The average molecular weight is 353 g/mol. The molecule has 4 nitrogen and oxygen atoms in total. The minimum atomic E-state index is -1.09. The minimum Gasteiger partial charge on any atom is -0.322 e. The first kappa shape index (κ1) is 17.8. The molecule has 2 heterocycles. The third kappa shape index (κ3) is 3.66. The fourth-order valence-corrected chi connectivity index (χ4v) is 3.48. The van der Waals surface area contributed by atoms with Crippen LogP contribution in [0.15, 0.2) is 24.3 Å². The van der Waals surface area contributed by atoms with Gasteiger partial charge in [0.05, 0.1) is 6.04 Å². The molecule has 25 heavy (non-hydrogen) atoms. The van der Waals surface area contributed by atoms with Gasteiger partial charge in [-0.2, -0.15) is 0 Å². The maximum Gasteiger partial charge on any atom is 0.320 e. The number of carbonyl (C=O) groups excluding carboxylic acids is 1. The van der Waals surface area contributed by atoms with E-state index in [2.05, 4.69) is 0 Å². The molecule has 0 spiro atoms. The number of hydrogen-bond donors (Lipinski definition) is 0. The molecule has 1 aromatic rings. The van der Waals surface area contributed by atoms with Crippen molar-refractivity contribution >= 4 is 11.6 Å². The number of hydrogen-bond acceptors (Lipinski definition) is 2. The number of halogens is 3. The zero-order chi connectivity index (χ0) is 18.1. The summed E-state index contributed by atoms with van der Waals surface area (Å²) < 4.78 is 41.6. The van der Waals surface area contributed by atoms with Gasteiger partial charge in [0.25, 0.3) is 0 Å². The Labute approximate surface area is 145 Å². The Bertz CT molecular complexity index is 694. The second-order valence-electron chi connectivity index (χ2n) is 6.76. The molecule has 0 aromatic heterocycles. The molecule has 7 heteroatoms. The average Bonchev–Trinajstić information content (AvgIpc) is 3.05. The highest BCUT2D eigenvalue weighted by molar-refractivity contribution is 5.81. The van der Waals surface area contributed by atoms with Crippen LogP contribution in [0.3, 0.4) is 0 Å². The monoisotopic (exact) mass is 353 g/mol. The van der Waals surface area contributed by atoms with Gasteiger partial charge in [-0.1, -0.05) is 6.08 Å². The van der Waals surface area contributed by atoms with Gasteiger partial charge >= 0.3 is 6.03 Å². The summed E-state index contributed by atoms with van der Waals surface area (Å²) in [5.41, 5.74) is 0.736. The molecule has 0 unspecified atom stereocenters. The summed E-state index contributed by atoms with van der Waals surface area (Å²) in [4.78, 5) is 17.5. The Morgan fingerprint density at radius 2 is 2.08 bits per heavy atom. The maximum absolute atomic E-state index is 14.3. The Morgan fingerprint density at radius 3 is 2.80 bits per heavy atom. The van der Waals surface area contributed by atoms with Crippen molar-refractivity contribution in [2.45, 2.75) is 18.6 Å². The highest BCUT2D eigenvalue weighted by Gasteiger charge is 2.35. The Morgan fingerprint density at radius 1 is 1.32 bits per heavy atom. The van der Waals surface area contributed by atoms with Crippen molar-refractivity contribution in [3.63, 3.8) is 0 Å². The molecule has 0 bridgehead atoms. The van der Waals surface area contributed by atoms with Gasteiger partial charge in [0.1, 0.15) is 17.8 Å². The normalized spacial score (nSPS) is 24.4. The van der Waals surface area contributed by atoms with Gasteiger partial charge in [0, 0.05) is 38.8 Å². The van der Waals surface area contributed by atoms with Gasteiger partial charge in [-0.3, -0.25) is 0 Å². The molecule has 2 atom stereocenters. The number of alkyl halides is 1. The molecular weight excluding hydrogens is 331 g/mol. The molecule has 1 fully saturated rings. The lowest BCUT2D eigenvalue weighted by molar-refractivity contribution is 0.0633. The lowest BCUT2D eigenvalue weighted by atomic mass is 10.0. The van der Waals surface area contributed by atoms with Crippen LogP contribution in [-0.4, -0.2) is 73.2 Å². The molecular formula is C18H22F3N3O. The van der Waals surface area contributed by atoms with Crippen molar-refractivity contribution in [1.82, 2.24) is 14.7 Å². The number of benzene rings is 1. The van der Waals surface area contributed by atoms with Gasteiger partial charge in [-0.15, -0.1) is 0 Å². The van der Waals surface area contributed by atoms with Crippen LogP contribution in [0, 0.1) is 11.6 Å². The number of amides is 2. The zero-order valence-electron chi connectivity index (χ0n) is 14.4. The fourth-order valence-electron chi connectivity index (χ4n) is 3.48. The SMILES string of the molecule is CN1CC[C@H](N(C)C(=O)N2CC=C(c3cc(F)ccc3F)C2)[C@@H](F)C1. The molecule has 0 saturated carbocycles. The van der Waals surface area contributed by atoms with E-state index < -0.39 is 23.8 Å². The smallest absolute Gasteiger partial charge is 0.320 e. The van der Waals surface area contributed by atoms with Gasteiger partial charge in [0.15, 0.2) is 0 Å². The molecule has 0 radical (unpaired) electrons. The number of likely N-dealkylation sites (tertiary alicyclic amines) is 1. The number of nitrogens with zero attached hydrogens (tertiary/aromatic N) is 3. The molecule has 1 saturated heterocycles. The van der Waals surface area contributed by atoms with Crippen LogP contribution < -0.4 is 0 Å². The third-order valence-electron chi connectivity index (χ3n) is 4.97. The lowest BCUT2D eigenvalue weighted by Crippen LogP contribution is -2.54. The van der Waals surface area contributed by atoms with E-state index in [-0.39, 0.29) is 18.1 Å². The molecule has 136 valence electrons. The number of urea groups is 1. The first-order valence-corrected chi connectivity index (χ1v) is 8.35. The fraction of sp³-hybridized carbons (Fsp3) is 0.500. The topological polar surface area (TPSA) is 26.8 Å². The Kier molecular flexibility index (Phi) is 5.03. The summed E-state index contributed by atoms with van der Waals surface area (Å²) in [5.74, 6) is -1.04. The van der Waals surface area contributed by atoms with Gasteiger partial charge in [-0.05, 0) is 37.2 Å². The molecule has 1 aromatic carbocycles. The van der Waals surface area contributed by atoms with Crippen molar-refractivity contribution in [3.05, 3.63) is 41.5 Å². The van der Waals surface area contributed by atoms with Crippen LogP contribution in [-0.2, 0) is 0 Å². The van der Waals surface area contributed by atoms with Crippen LogP contribution in [0.4, 0.5) is 18.0 Å². The second-order valence-corrected chi connectivity index (χ2v) is 6.76. The summed E-state index contributed by atoms with van der Waals surface area (Å²) >= 11 is 0. The van der Waals surface area contributed by atoms with Crippen LogP contribution in [0.1, 0.15) is 12.0 Å². The number of piperidine rings is 1. The van der Waals surface area contributed by atoms with Crippen LogP contribution >= 0.6 is 0 Å². The highest BCUT2D eigenvalue weighted by atomic mass is 19.1. The zero-order valence-corrected chi connectivity index (χ0v) is 14.4. The van der Waals surface area contributed by atoms with E-state index >= 15 is 0 Å². The summed E-state index contributed by atoms with van der Waals surface area (Å²) in [6, 6.07) is 2.52. The molecule has 2 aliphatic heterocycles. The Hall–Kier alpha value is -2.02. The van der Waals surface area contributed by atoms with Crippen molar-refractivity contribution < 1.29 is 18.0 Å². The number of rotatable bonds is 2. The van der Waals surface area contributed by atoms with Crippen molar-refractivity contribution in [3.8, 4) is 0 Å². The van der Waals surface area contributed by atoms with E-state index in [0.29, 0.717) is 25.1 Å². The maximum atomic E-state index is 14.3. The largest absolute Gasteiger partial charge is 0.322 e. The van der Waals surface area contributed by atoms with Gasteiger partial charge in [-0.25, -0.2) is 18.0 Å². The quantitative estimate of drug-likeness (QED) is 0.817. The molecule has 0 N–H and O–H groups in total. The molecule has 3 rings (SSSR count). The van der Waals surface area contributed by atoms with Crippen LogP contribution in [0.2, 0.25) is 0 Å². The van der Waals surface area contributed by atoms with Crippen molar-refractivity contribution in [2.75, 3.05) is 40.3 Å². The predicted molar refractivity (Wildman–Crippen MR) is 89.9 cm³/mol. The van der Waals surface area contributed by atoms with E-state index in [0.717, 1.165) is 24.7 Å². The first-order valence-electron chi connectivity index (χ1n) is 8.35. The second kappa shape index (κ2) is 7.07. The summed E-state index contributed by atoms with van der Waals surface area (Å²) in [6.07, 6.45) is 1.20.